The molecule has 0 N–H and O–H groups in total. The van der Waals surface area contributed by atoms with Crippen LogP contribution in [0.2, 0.25) is 0 Å². The van der Waals surface area contributed by atoms with Gasteiger partial charge in [0, 0.05) is 23.1 Å². The van der Waals surface area contributed by atoms with Crippen LogP contribution in [0.15, 0.2) is 53.1 Å². The van der Waals surface area contributed by atoms with Crippen LogP contribution < -0.4 is 4.74 Å². The van der Waals surface area contributed by atoms with E-state index in [1.54, 1.807) is 18.2 Å². The molecule has 1 aliphatic rings. The fraction of sp³-hybridized carbons (Fsp3) is 0.167. The Morgan fingerprint density at radius 2 is 2.13 bits per heavy atom. The molecule has 0 saturated carbocycles. The van der Waals surface area contributed by atoms with E-state index in [9.17, 15) is 4.79 Å². The van der Waals surface area contributed by atoms with Gasteiger partial charge < -0.3 is 14.1 Å². The summed E-state index contributed by atoms with van der Waals surface area (Å²) in [5, 5.41) is 0. The molecule has 0 radical (unpaired) electrons. The van der Waals surface area contributed by atoms with Crippen molar-refractivity contribution < 1.29 is 13.9 Å². The molecule has 4 nitrogen and oxygen atoms in total. The molecule has 116 valence electrons. The molecule has 0 saturated heterocycles. The van der Waals surface area contributed by atoms with Gasteiger partial charge >= 0.3 is 0 Å². The number of nitrogens with zero attached hydrogens (tertiary/aromatic N) is 1. The average Bonchev–Trinajstić information content (AvgIpc) is 3.23. The van der Waals surface area contributed by atoms with Gasteiger partial charge in [-0.1, -0.05) is 12.1 Å². The van der Waals surface area contributed by atoms with Crippen LogP contribution in [0.5, 0.6) is 5.75 Å². The third-order valence-corrected chi connectivity index (χ3v) is 5.05. The molecule has 0 spiro atoms. The Balaban J connectivity index is 1.62. The number of fused-ring (bicyclic) bond motifs is 3. The molecule has 0 bridgehead atoms. The minimum atomic E-state index is -0.00159. The minimum absolute atomic E-state index is 0.00159. The van der Waals surface area contributed by atoms with Crippen molar-refractivity contribution in [3.63, 3.8) is 0 Å². The van der Waals surface area contributed by atoms with Crippen LogP contribution in [0.3, 0.4) is 0 Å². The summed E-state index contributed by atoms with van der Waals surface area (Å²) in [7, 11) is 1.79. The zero-order chi connectivity index (χ0) is 15.8. The fourth-order valence-electron chi connectivity index (χ4n) is 2.70. The summed E-state index contributed by atoms with van der Waals surface area (Å²) >= 11 is 1.53. The molecule has 1 amide bonds. The Morgan fingerprint density at radius 3 is 2.96 bits per heavy atom. The molecular weight excluding hydrogens is 310 g/mol. The second-order valence-corrected chi connectivity index (χ2v) is 6.54. The van der Waals surface area contributed by atoms with Crippen molar-refractivity contribution in [2.75, 3.05) is 7.05 Å². The summed E-state index contributed by atoms with van der Waals surface area (Å²) in [5.74, 6) is 1.65. The highest BCUT2D eigenvalue weighted by Gasteiger charge is 2.24. The van der Waals surface area contributed by atoms with Gasteiger partial charge in [0.05, 0.1) is 17.7 Å². The Hall–Kier alpha value is -2.53. The second kappa shape index (κ2) is 5.59. The number of carbonyl (C=O) groups excluding carboxylic acids is 1. The predicted octanol–water partition coefficient (Wildman–Crippen LogP) is 4.17. The minimum Gasteiger partial charge on any atom is -0.488 e. The number of rotatable bonds is 3. The van der Waals surface area contributed by atoms with Crippen molar-refractivity contribution in [1.82, 2.24) is 4.90 Å². The number of para-hydroxylation sites is 1. The summed E-state index contributed by atoms with van der Waals surface area (Å²) in [6, 6.07) is 13.6. The quantitative estimate of drug-likeness (QED) is 0.726. The van der Waals surface area contributed by atoms with Crippen LogP contribution in [0.4, 0.5) is 0 Å². The Morgan fingerprint density at radius 1 is 1.26 bits per heavy atom. The number of carbonyl (C=O) groups is 1. The first-order valence-corrected chi connectivity index (χ1v) is 8.17. The van der Waals surface area contributed by atoms with E-state index in [-0.39, 0.29) is 5.91 Å². The van der Waals surface area contributed by atoms with Crippen molar-refractivity contribution >= 4 is 17.2 Å². The van der Waals surface area contributed by atoms with Crippen LogP contribution in [-0.2, 0) is 13.2 Å². The van der Waals surface area contributed by atoms with Crippen LogP contribution in [0, 0.1) is 0 Å². The molecule has 0 aliphatic carbocycles. The molecule has 3 heterocycles. The smallest absolute Gasteiger partial charge is 0.264 e. The molecular formula is C18H15NO3S. The average molecular weight is 325 g/mol. The van der Waals surface area contributed by atoms with Gasteiger partial charge in [-0.15, -0.1) is 11.3 Å². The molecule has 23 heavy (non-hydrogen) atoms. The normalized spacial score (nSPS) is 12.2. The molecule has 5 heteroatoms. The molecule has 2 aromatic heterocycles. The first kappa shape index (κ1) is 14.1. The standard InChI is InChI=1S/C18H15NO3S/c1-19(10-13-5-4-8-21-13)18(20)16-9-12-11-22-15-7-3-2-6-14(15)17(12)23-16/h2-9H,10-11H2,1H3. The van der Waals surface area contributed by atoms with E-state index >= 15 is 0 Å². The lowest BCUT2D eigenvalue weighted by Gasteiger charge is -2.16. The van der Waals surface area contributed by atoms with Gasteiger partial charge in [-0.25, -0.2) is 0 Å². The van der Waals surface area contributed by atoms with Gasteiger partial charge in [-0.3, -0.25) is 4.79 Å². The number of amides is 1. The van der Waals surface area contributed by atoms with E-state index in [1.807, 2.05) is 42.5 Å². The lowest BCUT2D eigenvalue weighted by Crippen LogP contribution is -2.25. The predicted molar refractivity (Wildman–Crippen MR) is 88.6 cm³/mol. The van der Waals surface area contributed by atoms with Crippen LogP contribution in [0.25, 0.3) is 10.4 Å². The van der Waals surface area contributed by atoms with Gasteiger partial charge in [0.15, 0.2) is 0 Å². The number of benzene rings is 1. The number of furan rings is 1. The highest BCUT2D eigenvalue weighted by Crippen LogP contribution is 2.42. The van der Waals surface area contributed by atoms with Crippen LogP contribution >= 0.6 is 11.3 Å². The summed E-state index contributed by atoms with van der Waals surface area (Å²) in [6.07, 6.45) is 1.62. The van der Waals surface area contributed by atoms with E-state index in [0.29, 0.717) is 13.2 Å². The Labute approximate surface area is 137 Å². The van der Waals surface area contributed by atoms with E-state index in [2.05, 4.69) is 0 Å². The van der Waals surface area contributed by atoms with Gasteiger partial charge in [0.2, 0.25) is 0 Å². The zero-order valence-electron chi connectivity index (χ0n) is 12.6. The molecule has 0 unspecified atom stereocenters. The van der Waals surface area contributed by atoms with Crippen LogP contribution in [0.1, 0.15) is 21.0 Å². The van der Waals surface area contributed by atoms with Crippen molar-refractivity contribution in [2.24, 2.45) is 0 Å². The first-order chi connectivity index (χ1) is 11.2. The lowest BCUT2D eigenvalue weighted by atomic mass is 10.1. The lowest BCUT2D eigenvalue weighted by molar-refractivity contribution is 0.0780. The van der Waals surface area contributed by atoms with Crippen molar-refractivity contribution in [2.45, 2.75) is 13.2 Å². The number of hydrogen-bond acceptors (Lipinski definition) is 4. The van der Waals surface area contributed by atoms with Gasteiger partial charge in [0.1, 0.15) is 18.1 Å². The maximum Gasteiger partial charge on any atom is 0.264 e. The zero-order valence-corrected chi connectivity index (χ0v) is 13.4. The largest absolute Gasteiger partial charge is 0.488 e. The van der Waals surface area contributed by atoms with Crippen LogP contribution in [-0.4, -0.2) is 17.9 Å². The Bertz CT molecular complexity index is 851. The number of hydrogen-bond donors (Lipinski definition) is 0. The molecule has 1 aliphatic heterocycles. The monoisotopic (exact) mass is 325 g/mol. The van der Waals surface area contributed by atoms with Crippen molar-refractivity contribution in [3.05, 3.63) is 64.9 Å². The number of ether oxygens (including phenoxy) is 1. The maximum atomic E-state index is 12.7. The summed E-state index contributed by atoms with van der Waals surface area (Å²) < 4.78 is 11.1. The van der Waals surface area contributed by atoms with Crippen molar-refractivity contribution in [1.29, 1.82) is 0 Å². The highest BCUT2D eigenvalue weighted by molar-refractivity contribution is 7.17. The molecule has 1 aromatic carbocycles. The molecule has 0 fully saturated rings. The topological polar surface area (TPSA) is 42.7 Å². The first-order valence-electron chi connectivity index (χ1n) is 7.35. The third-order valence-electron chi connectivity index (χ3n) is 3.85. The van der Waals surface area contributed by atoms with E-state index in [0.717, 1.165) is 32.4 Å². The Kier molecular flexibility index (Phi) is 3.42. The van der Waals surface area contributed by atoms with E-state index in [1.165, 1.54) is 11.3 Å². The van der Waals surface area contributed by atoms with Crippen molar-refractivity contribution in [3.8, 4) is 16.2 Å². The fourth-order valence-corrected chi connectivity index (χ4v) is 3.89. The second-order valence-electron chi connectivity index (χ2n) is 5.49. The molecule has 0 atom stereocenters. The van der Waals surface area contributed by atoms with E-state index in [4.69, 9.17) is 9.15 Å². The van der Waals surface area contributed by atoms with Gasteiger partial charge in [0.25, 0.3) is 5.91 Å². The summed E-state index contributed by atoms with van der Waals surface area (Å²) in [5.41, 5.74) is 2.13. The molecule has 4 rings (SSSR count). The SMILES string of the molecule is CN(Cc1ccco1)C(=O)c1cc2c(s1)-c1ccccc1OC2. The summed E-state index contributed by atoms with van der Waals surface area (Å²) in [4.78, 5) is 16.2. The van der Waals surface area contributed by atoms with Gasteiger partial charge in [-0.2, -0.15) is 0 Å². The molecule has 3 aromatic rings. The van der Waals surface area contributed by atoms with Gasteiger partial charge in [-0.05, 0) is 30.3 Å². The maximum absolute atomic E-state index is 12.7. The number of thiophene rings is 1. The van der Waals surface area contributed by atoms with E-state index < -0.39 is 0 Å². The summed E-state index contributed by atoms with van der Waals surface area (Å²) in [6.45, 7) is 0.972. The third kappa shape index (κ3) is 2.53. The highest BCUT2D eigenvalue weighted by atomic mass is 32.1.